The van der Waals surface area contributed by atoms with Gasteiger partial charge < -0.3 is 9.52 Å². The van der Waals surface area contributed by atoms with Crippen molar-refractivity contribution in [1.29, 1.82) is 0 Å². The van der Waals surface area contributed by atoms with Crippen LogP contribution < -0.4 is 5.43 Å². The highest BCUT2D eigenvalue weighted by molar-refractivity contribution is 6.07. The summed E-state index contributed by atoms with van der Waals surface area (Å²) in [5, 5.41) is 10.1. The number of carbonyl (C=O) groups excluding carboxylic acids is 1. The summed E-state index contributed by atoms with van der Waals surface area (Å²) in [6, 6.07) is 13.3. The van der Waals surface area contributed by atoms with Gasteiger partial charge in [-0.15, -0.1) is 0 Å². The molecular weight excluding hydrogens is 268 g/mol. The van der Waals surface area contributed by atoms with Gasteiger partial charge in [-0.05, 0) is 19.1 Å². The van der Waals surface area contributed by atoms with Gasteiger partial charge in [0.1, 0.15) is 17.1 Å². The lowest BCUT2D eigenvalue weighted by atomic mass is 10.1. The lowest BCUT2D eigenvalue weighted by molar-refractivity contribution is 0.101. The molecule has 1 aromatic heterocycles. The van der Waals surface area contributed by atoms with Crippen LogP contribution in [0.2, 0.25) is 0 Å². The molecular formula is C17H12O4. The van der Waals surface area contributed by atoms with Gasteiger partial charge in [-0.1, -0.05) is 30.3 Å². The third-order valence-electron chi connectivity index (χ3n) is 3.29. The first kappa shape index (κ1) is 13.1. The standard InChI is InChI=1S/C17H12O4/c1-10(18)16-13(19)8-7-12-14(20)9-15(21-17(12)16)11-5-3-2-4-6-11/h2-9,19H,1H3. The van der Waals surface area contributed by atoms with Crippen LogP contribution >= 0.6 is 0 Å². The second-order valence-corrected chi connectivity index (χ2v) is 4.73. The summed E-state index contributed by atoms with van der Waals surface area (Å²) in [5.41, 5.74) is 0.628. The molecule has 1 heterocycles. The number of ketones is 1. The van der Waals surface area contributed by atoms with Gasteiger partial charge in [0.05, 0.1) is 5.39 Å². The molecule has 0 saturated carbocycles. The highest BCUT2D eigenvalue weighted by Crippen LogP contribution is 2.29. The molecule has 1 N–H and O–H groups in total. The topological polar surface area (TPSA) is 67.5 Å². The SMILES string of the molecule is CC(=O)c1c(O)ccc2c(=O)cc(-c3ccccc3)oc12. The minimum atomic E-state index is -0.355. The molecule has 0 spiro atoms. The molecule has 0 atom stereocenters. The average molecular weight is 280 g/mol. The lowest BCUT2D eigenvalue weighted by Crippen LogP contribution is -2.04. The van der Waals surface area contributed by atoms with E-state index in [4.69, 9.17) is 4.42 Å². The molecule has 0 aliphatic heterocycles. The van der Waals surface area contributed by atoms with Gasteiger partial charge in [0, 0.05) is 11.6 Å². The first-order valence-electron chi connectivity index (χ1n) is 6.44. The molecule has 4 nitrogen and oxygen atoms in total. The molecule has 0 unspecified atom stereocenters. The average Bonchev–Trinajstić information content (AvgIpc) is 2.47. The van der Waals surface area contributed by atoms with Crippen LogP contribution in [-0.2, 0) is 0 Å². The fraction of sp³-hybridized carbons (Fsp3) is 0.0588. The zero-order valence-electron chi connectivity index (χ0n) is 11.3. The third kappa shape index (κ3) is 2.21. The largest absolute Gasteiger partial charge is 0.507 e. The van der Waals surface area contributed by atoms with E-state index < -0.39 is 0 Å². The van der Waals surface area contributed by atoms with Crippen molar-refractivity contribution in [2.24, 2.45) is 0 Å². The zero-order valence-corrected chi connectivity index (χ0v) is 11.3. The van der Waals surface area contributed by atoms with Crippen molar-refractivity contribution in [3.05, 3.63) is 64.3 Å². The number of benzene rings is 2. The van der Waals surface area contributed by atoms with Crippen LogP contribution in [0.3, 0.4) is 0 Å². The van der Waals surface area contributed by atoms with Crippen LogP contribution in [0.5, 0.6) is 5.75 Å². The van der Waals surface area contributed by atoms with Gasteiger partial charge in [0.15, 0.2) is 16.8 Å². The molecule has 4 heteroatoms. The molecule has 3 aromatic rings. The number of Topliss-reactive ketones (excluding diaryl/α,β-unsaturated/α-hetero) is 1. The number of rotatable bonds is 2. The van der Waals surface area contributed by atoms with Gasteiger partial charge in [-0.2, -0.15) is 0 Å². The van der Waals surface area contributed by atoms with E-state index in [-0.39, 0.29) is 33.5 Å². The number of hydrogen-bond donors (Lipinski definition) is 1. The summed E-state index contributed by atoms with van der Waals surface area (Å²) in [7, 11) is 0. The number of aromatic hydroxyl groups is 1. The molecule has 0 bridgehead atoms. The highest BCUT2D eigenvalue weighted by atomic mass is 16.3. The number of fused-ring (bicyclic) bond motifs is 1. The molecule has 0 amide bonds. The number of phenols is 1. The van der Waals surface area contributed by atoms with Crippen LogP contribution in [0.15, 0.2) is 57.7 Å². The first-order chi connectivity index (χ1) is 10.1. The Morgan fingerprint density at radius 1 is 1.10 bits per heavy atom. The molecule has 0 fully saturated rings. The van der Waals surface area contributed by atoms with Crippen LogP contribution in [0.1, 0.15) is 17.3 Å². The fourth-order valence-electron chi connectivity index (χ4n) is 2.29. The van der Waals surface area contributed by atoms with Crippen molar-refractivity contribution in [3.8, 4) is 17.1 Å². The van der Waals surface area contributed by atoms with E-state index in [0.717, 1.165) is 5.56 Å². The highest BCUT2D eigenvalue weighted by Gasteiger charge is 2.17. The fourth-order valence-corrected chi connectivity index (χ4v) is 2.29. The third-order valence-corrected chi connectivity index (χ3v) is 3.29. The predicted octanol–water partition coefficient (Wildman–Crippen LogP) is 3.37. The van der Waals surface area contributed by atoms with E-state index in [1.807, 2.05) is 18.2 Å². The molecule has 0 saturated heterocycles. The number of phenolic OH excluding ortho intramolecular Hbond substituents is 1. The Labute approximate surface area is 120 Å². The first-order valence-corrected chi connectivity index (χ1v) is 6.44. The number of hydrogen-bond acceptors (Lipinski definition) is 4. The van der Waals surface area contributed by atoms with Gasteiger partial charge in [0.2, 0.25) is 0 Å². The smallest absolute Gasteiger partial charge is 0.193 e. The Morgan fingerprint density at radius 3 is 2.48 bits per heavy atom. The Kier molecular flexibility index (Phi) is 3.06. The molecule has 2 aromatic carbocycles. The van der Waals surface area contributed by atoms with Crippen LogP contribution in [0.4, 0.5) is 0 Å². The maximum absolute atomic E-state index is 12.2. The predicted molar refractivity (Wildman–Crippen MR) is 79.6 cm³/mol. The molecule has 3 rings (SSSR count). The summed E-state index contributed by atoms with van der Waals surface area (Å²) >= 11 is 0. The summed E-state index contributed by atoms with van der Waals surface area (Å²) in [4.78, 5) is 23.9. The summed E-state index contributed by atoms with van der Waals surface area (Å²) < 4.78 is 5.72. The summed E-state index contributed by atoms with van der Waals surface area (Å²) in [6.45, 7) is 1.32. The Balaban J connectivity index is 2.40. The van der Waals surface area contributed by atoms with E-state index in [2.05, 4.69) is 0 Å². The Bertz CT molecular complexity index is 892. The van der Waals surface area contributed by atoms with E-state index in [1.54, 1.807) is 12.1 Å². The molecule has 0 radical (unpaired) electrons. The normalized spacial score (nSPS) is 10.7. The van der Waals surface area contributed by atoms with Crippen LogP contribution in [0, 0.1) is 0 Å². The van der Waals surface area contributed by atoms with Crippen LogP contribution in [0.25, 0.3) is 22.3 Å². The van der Waals surface area contributed by atoms with Crippen molar-refractivity contribution in [2.45, 2.75) is 6.92 Å². The van der Waals surface area contributed by atoms with Gasteiger partial charge in [-0.25, -0.2) is 0 Å². The quantitative estimate of drug-likeness (QED) is 0.731. The minimum Gasteiger partial charge on any atom is -0.507 e. The van der Waals surface area contributed by atoms with E-state index in [1.165, 1.54) is 25.1 Å². The van der Waals surface area contributed by atoms with Gasteiger partial charge in [-0.3, -0.25) is 9.59 Å². The maximum Gasteiger partial charge on any atom is 0.193 e. The Morgan fingerprint density at radius 2 is 1.81 bits per heavy atom. The van der Waals surface area contributed by atoms with E-state index in [9.17, 15) is 14.7 Å². The van der Waals surface area contributed by atoms with Crippen LogP contribution in [-0.4, -0.2) is 10.9 Å². The number of carbonyl (C=O) groups is 1. The second-order valence-electron chi connectivity index (χ2n) is 4.73. The molecule has 104 valence electrons. The summed E-state index contributed by atoms with van der Waals surface area (Å²) in [5.74, 6) is -0.184. The van der Waals surface area contributed by atoms with Crippen molar-refractivity contribution >= 4 is 16.8 Å². The molecule has 0 aliphatic carbocycles. The maximum atomic E-state index is 12.2. The van der Waals surface area contributed by atoms with Crippen molar-refractivity contribution in [1.82, 2.24) is 0 Å². The minimum absolute atomic E-state index is 0.0300. The second kappa shape index (κ2) is 4.90. The molecule has 21 heavy (non-hydrogen) atoms. The van der Waals surface area contributed by atoms with Crippen molar-refractivity contribution in [2.75, 3.05) is 0 Å². The van der Waals surface area contributed by atoms with Gasteiger partial charge >= 0.3 is 0 Å². The van der Waals surface area contributed by atoms with Crippen molar-refractivity contribution in [3.63, 3.8) is 0 Å². The lowest BCUT2D eigenvalue weighted by Gasteiger charge is -2.07. The Hall–Kier alpha value is -2.88. The summed E-state index contributed by atoms with van der Waals surface area (Å²) in [6.07, 6.45) is 0. The zero-order chi connectivity index (χ0) is 15.0. The van der Waals surface area contributed by atoms with Crippen molar-refractivity contribution < 1.29 is 14.3 Å². The van der Waals surface area contributed by atoms with Gasteiger partial charge in [0.25, 0.3) is 0 Å². The van der Waals surface area contributed by atoms with E-state index in [0.29, 0.717) is 5.76 Å². The monoisotopic (exact) mass is 280 g/mol. The van der Waals surface area contributed by atoms with E-state index >= 15 is 0 Å². The molecule has 0 aliphatic rings.